The smallest absolute Gasteiger partial charge is 0.171 e. The Labute approximate surface area is 120 Å². The highest BCUT2D eigenvalue weighted by atomic mass is 16.3. The summed E-state index contributed by atoms with van der Waals surface area (Å²) in [5, 5.41) is 18.2. The van der Waals surface area contributed by atoms with Gasteiger partial charge in [-0.2, -0.15) is 0 Å². The van der Waals surface area contributed by atoms with E-state index in [1.54, 1.807) is 0 Å². The summed E-state index contributed by atoms with van der Waals surface area (Å²) in [6.07, 6.45) is 1.74. The van der Waals surface area contributed by atoms with Gasteiger partial charge in [0.2, 0.25) is 0 Å². The Kier molecular flexibility index (Phi) is 7.23. The number of hydrogen-bond donors (Lipinski definition) is 2. The van der Waals surface area contributed by atoms with Crippen molar-refractivity contribution in [1.82, 2.24) is 0 Å². The molecule has 2 N–H and O–H groups in total. The fourth-order valence-electron chi connectivity index (χ4n) is 2.72. The summed E-state index contributed by atoms with van der Waals surface area (Å²) >= 11 is 0. The fraction of sp³-hybridized carbons (Fsp3) is 0.800. The summed E-state index contributed by atoms with van der Waals surface area (Å²) in [7, 11) is 0. The van der Waals surface area contributed by atoms with Gasteiger partial charge in [0.25, 0.3) is 0 Å². The maximum Gasteiger partial charge on any atom is 0.171 e. The van der Waals surface area contributed by atoms with Gasteiger partial charge in [-0.3, -0.25) is 14.4 Å². The number of ketones is 3. The van der Waals surface area contributed by atoms with E-state index in [4.69, 9.17) is 10.2 Å². The SMILES string of the molecule is CCCC(C)(C(=O)CO)C(=O)C(C)(CCC)C(=O)CO. The van der Waals surface area contributed by atoms with E-state index in [-0.39, 0.29) is 12.8 Å². The molecule has 0 amide bonds. The van der Waals surface area contributed by atoms with Crippen molar-refractivity contribution < 1.29 is 24.6 Å². The predicted octanol–water partition coefficient (Wildman–Crippen LogP) is 1.29. The van der Waals surface area contributed by atoms with Crippen molar-refractivity contribution >= 4 is 17.3 Å². The van der Waals surface area contributed by atoms with Gasteiger partial charge in [-0.15, -0.1) is 0 Å². The number of carbonyl (C=O) groups excluding carboxylic acids is 3. The first kappa shape index (κ1) is 18.9. The van der Waals surface area contributed by atoms with Crippen molar-refractivity contribution in [3.05, 3.63) is 0 Å². The molecule has 0 aromatic heterocycles. The van der Waals surface area contributed by atoms with Gasteiger partial charge in [0.15, 0.2) is 17.3 Å². The van der Waals surface area contributed by atoms with Crippen LogP contribution in [0.5, 0.6) is 0 Å². The van der Waals surface area contributed by atoms with Crippen LogP contribution in [-0.4, -0.2) is 40.8 Å². The van der Waals surface area contributed by atoms with Crippen LogP contribution in [0.4, 0.5) is 0 Å². The molecule has 0 aliphatic carbocycles. The van der Waals surface area contributed by atoms with Gasteiger partial charge >= 0.3 is 0 Å². The minimum Gasteiger partial charge on any atom is -0.389 e. The topological polar surface area (TPSA) is 91.7 Å². The molecule has 0 saturated carbocycles. The van der Waals surface area contributed by atoms with Crippen LogP contribution in [0.25, 0.3) is 0 Å². The summed E-state index contributed by atoms with van der Waals surface area (Å²) < 4.78 is 0. The molecule has 0 radical (unpaired) electrons. The number of Topliss-reactive ketones (excluding diaryl/α,β-unsaturated/α-hetero) is 3. The first-order chi connectivity index (χ1) is 9.24. The summed E-state index contributed by atoms with van der Waals surface area (Å²) in [6.45, 7) is 5.18. The van der Waals surface area contributed by atoms with E-state index in [2.05, 4.69) is 0 Å². The lowest BCUT2D eigenvalue weighted by atomic mass is 9.64. The lowest BCUT2D eigenvalue weighted by molar-refractivity contribution is -0.153. The standard InChI is InChI=1S/C15H26O5/c1-5-7-14(3,11(18)9-16)13(20)15(4,8-6-2)12(19)10-17/h16-17H,5-10H2,1-4H3. The lowest BCUT2D eigenvalue weighted by Gasteiger charge is -2.35. The molecular formula is C15H26O5. The molecular weight excluding hydrogens is 260 g/mol. The van der Waals surface area contributed by atoms with E-state index in [0.717, 1.165) is 0 Å². The minimum absolute atomic E-state index is 0.281. The third kappa shape index (κ3) is 3.52. The quantitative estimate of drug-likeness (QED) is 0.590. The van der Waals surface area contributed by atoms with Crippen LogP contribution in [0.2, 0.25) is 0 Å². The number of aliphatic hydroxyl groups excluding tert-OH is 2. The zero-order valence-electron chi connectivity index (χ0n) is 12.9. The van der Waals surface area contributed by atoms with E-state index >= 15 is 0 Å². The normalized spacial score (nSPS) is 17.1. The first-order valence-electron chi connectivity index (χ1n) is 7.07. The van der Waals surface area contributed by atoms with Crippen LogP contribution in [0, 0.1) is 10.8 Å². The van der Waals surface area contributed by atoms with Gasteiger partial charge in [-0.25, -0.2) is 0 Å². The van der Waals surface area contributed by atoms with E-state index in [0.29, 0.717) is 12.8 Å². The molecule has 116 valence electrons. The average Bonchev–Trinajstić information content (AvgIpc) is 2.44. The van der Waals surface area contributed by atoms with E-state index in [1.165, 1.54) is 13.8 Å². The second kappa shape index (κ2) is 7.64. The highest BCUT2D eigenvalue weighted by molar-refractivity contribution is 6.17. The second-order valence-corrected chi connectivity index (χ2v) is 5.66. The van der Waals surface area contributed by atoms with Crippen molar-refractivity contribution in [3.8, 4) is 0 Å². The van der Waals surface area contributed by atoms with E-state index in [1.807, 2.05) is 13.8 Å². The number of rotatable bonds is 10. The molecule has 0 bridgehead atoms. The van der Waals surface area contributed by atoms with Crippen LogP contribution in [-0.2, 0) is 14.4 Å². The second-order valence-electron chi connectivity index (χ2n) is 5.66. The van der Waals surface area contributed by atoms with Gasteiger partial charge in [0.05, 0.1) is 10.8 Å². The van der Waals surface area contributed by atoms with E-state index in [9.17, 15) is 14.4 Å². The molecule has 0 spiro atoms. The van der Waals surface area contributed by atoms with Gasteiger partial charge in [-0.1, -0.05) is 26.7 Å². The highest BCUT2D eigenvalue weighted by Gasteiger charge is 2.51. The Hall–Kier alpha value is -1.07. The summed E-state index contributed by atoms with van der Waals surface area (Å²) in [5.74, 6) is -1.64. The largest absolute Gasteiger partial charge is 0.389 e. The minimum atomic E-state index is -1.38. The van der Waals surface area contributed by atoms with Gasteiger partial charge in [-0.05, 0) is 26.7 Å². The monoisotopic (exact) mass is 286 g/mol. The average molecular weight is 286 g/mol. The number of hydrogen-bond acceptors (Lipinski definition) is 5. The molecule has 0 heterocycles. The molecule has 0 fully saturated rings. The number of aliphatic hydroxyl groups is 2. The Morgan fingerprint density at radius 1 is 0.800 bits per heavy atom. The predicted molar refractivity (Wildman–Crippen MR) is 75.2 cm³/mol. The first-order valence-corrected chi connectivity index (χ1v) is 7.07. The summed E-state index contributed by atoms with van der Waals surface area (Å²) in [4.78, 5) is 36.8. The maximum atomic E-state index is 12.8. The zero-order valence-corrected chi connectivity index (χ0v) is 12.9. The van der Waals surface area contributed by atoms with Gasteiger partial charge in [0, 0.05) is 0 Å². The van der Waals surface area contributed by atoms with Crippen LogP contribution < -0.4 is 0 Å². The zero-order chi connectivity index (χ0) is 16.0. The van der Waals surface area contributed by atoms with Crippen molar-refractivity contribution in [1.29, 1.82) is 0 Å². The van der Waals surface area contributed by atoms with Crippen LogP contribution >= 0.6 is 0 Å². The van der Waals surface area contributed by atoms with Crippen molar-refractivity contribution in [3.63, 3.8) is 0 Å². The van der Waals surface area contributed by atoms with Gasteiger partial charge in [0.1, 0.15) is 13.2 Å². The Morgan fingerprint density at radius 2 is 1.10 bits per heavy atom. The Balaban J connectivity index is 5.71. The van der Waals surface area contributed by atoms with Crippen LogP contribution in [0.1, 0.15) is 53.4 Å². The molecule has 0 aliphatic heterocycles. The van der Waals surface area contributed by atoms with Crippen molar-refractivity contribution in [2.75, 3.05) is 13.2 Å². The molecule has 5 nitrogen and oxygen atoms in total. The number of carbonyl (C=O) groups is 3. The highest BCUT2D eigenvalue weighted by Crippen LogP contribution is 2.38. The third-order valence-corrected chi connectivity index (χ3v) is 4.02. The van der Waals surface area contributed by atoms with Gasteiger partial charge < -0.3 is 10.2 Å². The summed E-state index contributed by atoms with van der Waals surface area (Å²) in [6, 6.07) is 0. The van der Waals surface area contributed by atoms with Crippen molar-refractivity contribution in [2.45, 2.75) is 53.4 Å². The van der Waals surface area contributed by atoms with Crippen LogP contribution in [0.3, 0.4) is 0 Å². The maximum absolute atomic E-state index is 12.8. The van der Waals surface area contributed by atoms with Crippen molar-refractivity contribution in [2.24, 2.45) is 10.8 Å². The molecule has 20 heavy (non-hydrogen) atoms. The molecule has 0 saturated heterocycles. The Morgan fingerprint density at radius 3 is 1.30 bits per heavy atom. The molecule has 0 aromatic carbocycles. The summed E-state index contributed by atoms with van der Waals surface area (Å²) in [5.41, 5.74) is -2.75. The molecule has 5 heteroatoms. The van der Waals surface area contributed by atoms with Crippen LogP contribution in [0.15, 0.2) is 0 Å². The van der Waals surface area contributed by atoms with E-state index < -0.39 is 41.4 Å². The lowest BCUT2D eigenvalue weighted by Crippen LogP contribution is -2.50. The fourth-order valence-corrected chi connectivity index (χ4v) is 2.72. The Bertz CT molecular complexity index is 342. The molecule has 0 aliphatic rings. The molecule has 2 unspecified atom stereocenters. The molecule has 0 rings (SSSR count). The molecule has 2 atom stereocenters. The third-order valence-electron chi connectivity index (χ3n) is 4.02. The molecule has 0 aromatic rings.